The van der Waals surface area contributed by atoms with E-state index in [1.165, 1.54) is 104 Å². The van der Waals surface area contributed by atoms with Crippen molar-refractivity contribution in [2.24, 2.45) is 17.3 Å². The molecule has 394 valence electrons. The molecule has 3 heteroatoms. The Morgan fingerprint density at radius 2 is 1.38 bits per heavy atom. The van der Waals surface area contributed by atoms with Crippen LogP contribution in [0.5, 0.6) is 5.75 Å². The van der Waals surface area contributed by atoms with Gasteiger partial charge in [0, 0.05) is 39.5 Å². The quantitative estimate of drug-likeness (QED) is 0.0629. The van der Waals surface area contributed by atoms with E-state index in [2.05, 4.69) is 235 Å². The first-order valence-electron chi connectivity index (χ1n) is 29.4. The van der Waals surface area contributed by atoms with Gasteiger partial charge < -0.3 is 14.2 Å². The van der Waals surface area contributed by atoms with Gasteiger partial charge in [0.15, 0.2) is 0 Å². The summed E-state index contributed by atoms with van der Waals surface area (Å²) >= 11 is 0. The molecule has 0 saturated heterocycles. The van der Waals surface area contributed by atoms with Crippen molar-refractivity contribution in [2.75, 3.05) is 11.5 Å². The molecule has 7 aromatic carbocycles. The van der Waals surface area contributed by atoms with Gasteiger partial charge in [-0.1, -0.05) is 190 Å². The summed E-state index contributed by atoms with van der Waals surface area (Å²) in [5.74, 6) is 1.98. The Bertz CT molecular complexity index is 3800. The van der Waals surface area contributed by atoms with Crippen molar-refractivity contribution in [3.05, 3.63) is 277 Å². The Hall–Kier alpha value is -8.58. The molecule has 5 aliphatic carbocycles. The lowest BCUT2D eigenvalue weighted by Crippen LogP contribution is -2.35. The molecule has 4 unspecified atom stereocenters. The van der Waals surface area contributed by atoms with Crippen LogP contribution in [0.1, 0.15) is 88.2 Å². The minimum Gasteiger partial charge on any atom is -0.494 e. The van der Waals surface area contributed by atoms with Crippen molar-refractivity contribution in [3.8, 4) is 33.7 Å². The van der Waals surface area contributed by atoms with Gasteiger partial charge in [-0.15, -0.1) is 0 Å². The zero-order chi connectivity index (χ0) is 53.8. The van der Waals surface area contributed by atoms with Crippen LogP contribution in [0.2, 0.25) is 0 Å². The maximum atomic E-state index is 6.32. The smallest absolute Gasteiger partial charge is 0.119 e. The van der Waals surface area contributed by atoms with E-state index in [4.69, 9.17) is 4.74 Å². The minimum absolute atomic E-state index is 0.0198. The highest BCUT2D eigenvalue weighted by Gasteiger charge is 2.55. The number of fused-ring (bicyclic) bond motifs is 6. The molecule has 0 radical (unpaired) electrons. The molecule has 1 saturated carbocycles. The van der Waals surface area contributed by atoms with Gasteiger partial charge in [-0.05, 0) is 198 Å². The fraction of sp³-hybridized carbons (Fsp3) is 0.221. The molecule has 1 fully saturated rings. The Kier molecular flexibility index (Phi) is 14.4. The van der Waals surface area contributed by atoms with Crippen molar-refractivity contribution in [3.63, 3.8) is 0 Å². The van der Waals surface area contributed by atoms with Crippen LogP contribution in [0.3, 0.4) is 0 Å². The van der Waals surface area contributed by atoms with Crippen LogP contribution in [-0.2, 0) is 0 Å². The lowest BCUT2D eigenvalue weighted by Gasteiger charge is -2.42. The summed E-state index contributed by atoms with van der Waals surface area (Å²) in [4.78, 5) is 2.61. The third-order valence-electron chi connectivity index (χ3n) is 18.0. The molecule has 0 spiro atoms. The molecule has 8 aromatic rings. The van der Waals surface area contributed by atoms with Gasteiger partial charge in [-0.2, -0.15) is 0 Å². The van der Waals surface area contributed by atoms with Crippen LogP contribution < -0.4 is 9.64 Å². The second-order valence-corrected chi connectivity index (χ2v) is 22.5. The van der Waals surface area contributed by atoms with E-state index in [0.29, 0.717) is 11.8 Å². The van der Waals surface area contributed by atoms with Crippen LogP contribution in [0, 0.1) is 29.4 Å². The summed E-state index contributed by atoms with van der Waals surface area (Å²) in [6.07, 6.45) is 39.8. The number of hydrogen-bond acceptors (Lipinski definition) is 2. The molecule has 0 bridgehead atoms. The van der Waals surface area contributed by atoms with E-state index in [1.807, 2.05) is 24.3 Å². The molecule has 5 aliphatic rings. The summed E-state index contributed by atoms with van der Waals surface area (Å²) in [6, 6.07) is 64.3. The average Bonchev–Trinajstić information content (AvgIpc) is 3.84. The number of allylic oxidation sites excluding steroid dienone is 13. The Morgan fingerprint density at radius 3 is 2.06 bits per heavy atom. The van der Waals surface area contributed by atoms with Gasteiger partial charge >= 0.3 is 0 Å². The highest BCUT2D eigenvalue weighted by molar-refractivity contribution is 6.11. The van der Waals surface area contributed by atoms with Crippen molar-refractivity contribution in [2.45, 2.75) is 83.1 Å². The molecule has 0 amide bonds. The molecular weight excluding hydrogens is 969 g/mol. The fourth-order valence-electron chi connectivity index (χ4n) is 14.1. The number of anilines is 2. The summed E-state index contributed by atoms with van der Waals surface area (Å²) in [7, 11) is 0. The zero-order valence-electron chi connectivity index (χ0n) is 46.0. The number of ether oxygens (including phenoxy) is 1. The predicted octanol–water partition coefficient (Wildman–Crippen LogP) is 20.3. The molecular formula is C77H70N2O. The normalized spacial score (nSPS) is 20.1. The summed E-state index contributed by atoms with van der Waals surface area (Å²) in [6.45, 7) is 8.66. The molecule has 0 aliphatic heterocycles. The summed E-state index contributed by atoms with van der Waals surface area (Å²) < 4.78 is 8.69. The third kappa shape index (κ3) is 9.77. The number of rotatable bonds is 18. The summed E-state index contributed by atoms with van der Waals surface area (Å²) in [5, 5.41) is 2.44. The number of nitrogens with zero attached hydrogens (tertiary/aromatic N) is 2. The van der Waals surface area contributed by atoms with Gasteiger partial charge in [0.2, 0.25) is 0 Å². The maximum absolute atomic E-state index is 6.32. The molecule has 4 atom stereocenters. The highest BCUT2D eigenvalue weighted by Crippen LogP contribution is 2.65. The second kappa shape index (κ2) is 22.6. The van der Waals surface area contributed by atoms with Gasteiger partial charge in [0.1, 0.15) is 5.75 Å². The van der Waals surface area contributed by atoms with Crippen LogP contribution in [-0.4, -0.2) is 17.2 Å². The van der Waals surface area contributed by atoms with Gasteiger partial charge in [-0.3, -0.25) is 0 Å². The third-order valence-corrected chi connectivity index (χ3v) is 18.0. The number of para-hydroxylation sites is 1. The maximum Gasteiger partial charge on any atom is 0.119 e. The molecule has 0 N–H and O–H groups in total. The summed E-state index contributed by atoms with van der Waals surface area (Å²) in [5.41, 5.74) is 20.4. The van der Waals surface area contributed by atoms with Crippen molar-refractivity contribution < 1.29 is 4.74 Å². The van der Waals surface area contributed by atoms with E-state index in [9.17, 15) is 0 Å². The molecule has 13 rings (SSSR count). The number of hydrogen-bond donors (Lipinski definition) is 0. The minimum atomic E-state index is -0.0198. The van der Waals surface area contributed by atoms with E-state index in [0.717, 1.165) is 68.6 Å². The lowest BCUT2D eigenvalue weighted by atomic mass is 9.62. The SMILES string of the molecule is C=CC1=CC=C(c2ccc(OCCCCCCC3(C4=CCCC=C4)C4=CC(N(c5ccccc5)c5ccc(-c6ccc7c(c6)c6cc(-c8ccc(C=C)cc8)ccc6n7-c6cc#ccc6)cc5)CC=C4C4C=CCCC43)cc2)CC1. The van der Waals surface area contributed by atoms with E-state index >= 15 is 0 Å². The first-order valence-corrected chi connectivity index (χ1v) is 29.4. The average molecular weight is 1040 g/mol. The Balaban J connectivity index is 0.780. The topological polar surface area (TPSA) is 17.4 Å². The molecule has 80 heavy (non-hydrogen) atoms. The first kappa shape index (κ1) is 50.9. The van der Waals surface area contributed by atoms with Crippen molar-refractivity contribution in [1.82, 2.24) is 4.57 Å². The molecule has 1 aromatic heterocycles. The van der Waals surface area contributed by atoms with E-state index in [1.54, 1.807) is 16.7 Å². The Morgan fingerprint density at radius 1 is 0.650 bits per heavy atom. The largest absolute Gasteiger partial charge is 0.494 e. The van der Waals surface area contributed by atoms with Crippen LogP contribution in [0.4, 0.5) is 11.4 Å². The van der Waals surface area contributed by atoms with E-state index < -0.39 is 0 Å². The zero-order valence-corrected chi connectivity index (χ0v) is 46.0. The van der Waals surface area contributed by atoms with Crippen LogP contribution in [0.25, 0.3) is 61.4 Å². The van der Waals surface area contributed by atoms with Crippen molar-refractivity contribution in [1.29, 1.82) is 0 Å². The van der Waals surface area contributed by atoms with Crippen LogP contribution in [0.15, 0.2) is 254 Å². The number of unbranched alkanes of at least 4 members (excludes halogenated alkanes) is 3. The second-order valence-electron chi connectivity index (χ2n) is 22.5. The predicted molar refractivity (Wildman–Crippen MR) is 337 cm³/mol. The fourth-order valence-corrected chi connectivity index (χ4v) is 14.1. The number of benzene rings is 6. The van der Waals surface area contributed by atoms with Crippen LogP contribution >= 0.6 is 0 Å². The number of aromatic nitrogens is 1. The van der Waals surface area contributed by atoms with Crippen molar-refractivity contribution >= 4 is 44.8 Å². The van der Waals surface area contributed by atoms with E-state index in [-0.39, 0.29) is 11.5 Å². The highest BCUT2D eigenvalue weighted by atomic mass is 16.5. The monoisotopic (exact) mass is 1040 g/mol. The Labute approximate surface area is 474 Å². The molecule has 3 nitrogen and oxygen atoms in total. The van der Waals surface area contributed by atoms with Gasteiger partial charge in [-0.25, -0.2) is 0 Å². The lowest BCUT2D eigenvalue weighted by molar-refractivity contribution is 0.225. The van der Waals surface area contributed by atoms with Gasteiger partial charge in [0.25, 0.3) is 0 Å². The van der Waals surface area contributed by atoms with Gasteiger partial charge in [0.05, 0.1) is 29.4 Å². The standard InChI is InChI=1S/C77H70N2O/c1-3-55-28-32-57(33-29-55)58-38-45-68(46-39-58)80-51-19-6-5-18-50-77(63-20-10-7-11-21-63)73-27-17-16-26-69(73)70-47-44-67(54-74(70)77)78(64-22-12-8-13-23-64)66-42-36-60(37-43-66)62-41-49-76-72(53-62)71-52-61(59-34-30-56(4-2)31-35-59)40-48-75(71)79(76)65-24-14-9-15-25-65/h3-4,8,10,12-14,16,20-26,28,30-32,34-43,45-49,52-54,67,69,73H,1-2,5-7,11,17-19,27,29,33,44,50-51H2. The molecule has 1 heterocycles. The first-order chi connectivity index (χ1) is 39.6.